The first-order valence-corrected chi connectivity index (χ1v) is 2.91. The molecule has 0 radical (unpaired) electrons. The Morgan fingerprint density at radius 1 is 1.78 bits per heavy atom. The molecule has 1 rings (SSSR count). The van der Waals surface area contributed by atoms with E-state index in [9.17, 15) is 4.79 Å². The molecule has 0 saturated heterocycles. The van der Waals surface area contributed by atoms with Crippen LogP contribution in [-0.2, 0) is 9.53 Å². The molecule has 1 atom stereocenters. The third kappa shape index (κ3) is 1.85. The fourth-order valence-corrected chi connectivity index (χ4v) is 0.709. The van der Waals surface area contributed by atoms with Crippen molar-refractivity contribution in [3.05, 3.63) is 12.2 Å². The summed E-state index contributed by atoms with van der Waals surface area (Å²) in [7, 11) is 0. The average molecular weight is 127 g/mol. The van der Waals surface area contributed by atoms with Crippen molar-refractivity contribution in [2.24, 2.45) is 0 Å². The highest BCUT2D eigenvalue weighted by atomic mass is 16.5. The zero-order chi connectivity index (χ0) is 6.53. The zero-order valence-corrected chi connectivity index (χ0v) is 5.04. The molecule has 1 aliphatic rings. The molecule has 1 amide bonds. The molecule has 1 heterocycles. The number of carbonyl (C=O) groups excluding carboxylic acids is 1. The highest BCUT2D eigenvalue weighted by Gasteiger charge is 2.04. The van der Waals surface area contributed by atoms with Gasteiger partial charge in [0.1, 0.15) is 6.23 Å². The van der Waals surface area contributed by atoms with Gasteiger partial charge >= 0.3 is 0 Å². The van der Waals surface area contributed by atoms with Crippen molar-refractivity contribution < 1.29 is 9.53 Å². The van der Waals surface area contributed by atoms with E-state index in [1.165, 1.54) is 0 Å². The maximum Gasteiger partial charge on any atom is 0.209 e. The lowest BCUT2D eigenvalue weighted by Crippen LogP contribution is -2.30. The van der Waals surface area contributed by atoms with E-state index < -0.39 is 0 Å². The summed E-state index contributed by atoms with van der Waals surface area (Å²) < 4.78 is 5.09. The number of carbonyl (C=O) groups is 1. The second kappa shape index (κ2) is 3.25. The van der Waals surface area contributed by atoms with Crippen LogP contribution in [0.2, 0.25) is 0 Å². The molecule has 0 aliphatic carbocycles. The van der Waals surface area contributed by atoms with Gasteiger partial charge in [-0.15, -0.1) is 0 Å². The molecule has 0 aromatic rings. The van der Waals surface area contributed by atoms with Gasteiger partial charge in [-0.1, -0.05) is 6.08 Å². The van der Waals surface area contributed by atoms with Crippen LogP contribution in [0.25, 0.3) is 0 Å². The monoisotopic (exact) mass is 127 g/mol. The molecule has 0 aromatic carbocycles. The number of amides is 1. The Labute approximate surface area is 53.7 Å². The predicted molar refractivity (Wildman–Crippen MR) is 32.7 cm³/mol. The van der Waals surface area contributed by atoms with E-state index in [2.05, 4.69) is 5.32 Å². The van der Waals surface area contributed by atoms with E-state index in [1.54, 1.807) is 0 Å². The van der Waals surface area contributed by atoms with Crippen LogP contribution in [0.15, 0.2) is 12.2 Å². The molecular formula is C6H9NO2. The van der Waals surface area contributed by atoms with E-state index in [0.717, 1.165) is 6.42 Å². The van der Waals surface area contributed by atoms with Crippen molar-refractivity contribution in [1.29, 1.82) is 0 Å². The summed E-state index contributed by atoms with van der Waals surface area (Å²) in [6.07, 6.45) is 5.20. The fraction of sp³-hybridized carbons (Fsp3) is 0.500. The van der Waals surface area contributed by atoms with Gasteiger partial charge in [-0.25, -0.2) is 0 Å². The van der Waals surface area contributed by atoms with Gasteiger partial charge in [0.05, 0.1) is 6.61 Å². The van der Waals surface area contributed by atoms with Gasteiger partial charge in [-0.05, 0) is 12.5 Å². The number of hydrogen-bond donors (Lipinski definition) is 1. The number of hydrogen-bond acceptors (Lipinski definition) is 2. The van der Waals surface area contributed by atoms with Crippen LogP contribution in [0, 0.1) is 0 Å². The average Bonchev–Trinajstić information content (AvgIpc) is 1.91. The highest BCUT2D eigenvalue weighted by Crippen LogP contribution is 1.99. The summed E-state index contributed by atoms with van der Waals surface area (Å²) in [5, 5.41) is 2.49. The molecule has 0 bridgehead atoms. The molecule has 1 unspecified atom stereocenters. The maximum atomic E-state index is 9.85. The second-order valence-corrected chi connectivity index (χ2v) is 1.79. The SMILES string of the molecule is O=CNC1C=CCCO1. The Morgan fingerprint density at radius 2 is 2.67 bits per heavy atom. The van der Waals surface area contributed by atoms with Crippen molar-refractivity contribution >= 4 is 6.41 Å². The second-order valence-electron chi connectivity index (χ2n) is 1.79. The summed E-state index contributed by atoms with van der Waals surface area (Å²) >= 11 is 0. The lowest BCUT2D eigenvalue weighted by atomic mass is 10.3. The largest absolute Gasteiger partial charge is 0.355 e. The first-order valence-electron chi connectivity index (χ1n) is 2.91. The van der Waals surface area contributed by atoms with Crippen LogP contribution < -0.4 is 5.32 Å². The minimum Gasteiger partial charge on any atom is -0.355 e. The first-order chi connectivity index (χ1) is 4.43. The molecule has 0 fully saturated rings. The number of rotatable bonds is 2. The molecule has 0 spiro atoms. The fourth-order valence-electron chi connectivity index (χ4n) is 0.709. The Hall–Kier alpha value is -0.830. The summed E-state index contributed by atoms with van der Waals surface area (Å²) in [6.45, 7) is 0.696. The third-order valence-electron chi connectivity index (χ3n) is 1.13. The van der Waals surface area contributed by atoms with Crippen molar-refractivity contribution in [2.45, 2.75) is 12.6 Å². The van der Waals surface area contributed by atoms with Crippen LogP contribution in [0.5, 0.6) is 0 Å². The normalized spacial score (nSPS) is 25.6. The molecule has 0 saturated carbocycles. The van der Waals surface area contributed by atoms with Gasteiger partial charge in [0.25, 0.3) is 0 Å². The van der Waals surface area contributed by atoms with Gasteiger partial charge in [0, 0.05) is 0 Å². The minimum atomic E-state index is -0.198. The number of ether oxygens (including phenoxy) is 1. The lowest BCUT2D eigenvalue weighted by Gasteiger charge is -2.15. The van der Waals surface area contributed by atoms with Crippen molar-refractivity contribution in [1.82, 2.24) is 5.32 Å². The van der Waals surface area contributed by atoms with Gasteiger partial charge in [0.2, 0.25) is 6.41 Å². The quantitative estimate of drug-likeness (QED) is 0.420. The Bertz CT molecular complexity index is 122. The Kier molecular flexibility index (Phi) is 2.27. The molecule has 9 heavy (non-hydrogen) atoms. The number of nitrogens with one attached hydrogen (secondary N) is 1. The Morgan fingerprint density at radius 3 is 3.22 bits per heavy atom. The maximum absolute atomic E-state index is 9.85. The molecule has 3 nitrogen and oxygen atoms in total. The highest BCUT2D eigenvalue weighted by molar-refractivity contribution is 5.46. The van der Waals surface area contributed by atoms with Crippen LogP contribution >= 0.6 is 0 Å². The van der Waals surface area contributed by atoms with E-state index in [0.29, 0.717) is 13.0 Å². The molecule has 3 heteroatoms. The third-order valence-corrected chi connectivity index (χ3v) is 1.13. The zero-order valence-electron chi connectivity index (χ0n) is 5.04. The van der Waals surface area contributed by atoms with Crippen molar-refractivity contribution in [2.75, 3.05) is 6.61 Å². The smallest absolute Gasteiger partial charge is 0.209 e. The van der Waals surface area contributed by atoms with Gasteiger partial charge < -0.3 is 10.1 Å². The molecule has 1 N–H and O–H groups in total. The van der Waals surface area contributed by atoms with Gasteiger partial charge in [-0.3, -0.25) is 4.79 Å². The van der Waals surface area contributed by atoms with Crippen molar-refractivity contribution in [3.63, 3.8) is 0 Å². The minimum absolute atomic E-state index is 0.198. The summed E-state index contributed by atoms with van der Waals surface area (Å²) in [5.74, 6) is 0. The predicted octanol–water partition coefficient (Wildman–Crippen LogP) is 0.0350. The standard InChI is InChI=1S/C6H9NO2/c8-5-7-6-3-1-2-4-9-6/h1,3,5-6H,2,4H2,(H,7,8). The molecule has 50 valence electrons. The van der Waals surface area contributed by atoms with E-state index in [-0.39, 0.29) is 6.23 Å². The van der Waals surface area contributed by atoms with Gasteiger partial charge in [-0.2, -0.15) is 0 Å². The van der Waals surface area contributed by atoms with Crippen LogP contribution in [-0.4, -0.2) is 19.2 Å². The summed E-state index contributed by atoms with van der Waals surface area (Å²) in [4.78, 5) is 9.85. The Balaban J connectivity index is 2.31. The molecule has 1 aliphatic heterocycles. The lowest BCUT2D eigenvalue weighted by molar-refractivity contribution is -0.112. The van der Waals surface area contributed by atoms with Crippen LogP contribution in [0.3, 0.4) is 0 Å². The van der Waals surface area contributed by atoms with Gasteiger partial charge in [0.15, 0.2) is 0 Å². The summed E-state index contributed by atoms with van der Waals surface area (Å²) in [5.41, 5.74) is 0. The first kappa shape index (κ1) is 6.29. The topological polar surface area (TPSA) is 38.3 Å². The summed E-state index contributed by atoms with van der Waals surface area (Å²) in [6, 6.07) is 0. The van der Waals surface area contributed by atoms with E-state index in [4.69, 9.17) is 4.74 Å². The van der Waals surface area contributed by atoms with E-state index in [1.807, 2.05) is 12.2 Å². The van der Waals surface area contributed by atoms with Crippen LogP contribution in [0.1, 0.15) is 6.42 Å². The molecule has 0 aromatic heterocycles. The van der Waals surface area contributed by atoms with E-state index >= 15 is 0 Å². The van der Waals surface area contributed by atoms with Crippen molar-refractivity contribution in [3.8, 4) is 0 Å². The van der Waals surface area contributed by atoms with Crippen LogP contribution in [0.4, 0.5) is 0 Å². The molecular weight excluding hydrogens is 118 g/mol.